The van der Waals surface area contributed by atoms with E-state index in [2.05, 4.69) is 92.5 Å². The van der Waals surface area contributed by atoms with Gasteiger partial charge in [-0.2, -0.15) is 33.6 Å². The lowest BCUT2D eigenvalue weighted by Gasteiger charge is -2.09. The van der Waals surface area contributed by atoms with Crippen molar-refractivity contribution in [2.45, 2.75) is 13.1 Å². The average Bonchev–Trinajstić information content (AvgIpc) is 1.64. The second-order valence-corrected chi connectivity index (χ2v) is 30.6. The van der Waals surface area contributed by atoms with Crippen LogP contribution in [-0.4, -0.2) is 199 Å². The van der Waals surface area contributed by atoms with Gasteiger partial charge in [-0.1, -0.05) is 84.9 Å². The lowest BCUT2D eigenvalue weighted by Crippen LogP contribution is -2.30. The van der Waals surface area contributed by atoms with Crippen LogP contribution in [0.5, 0.6) is 35.3 Å². The number of nitrogens with zero attached hydrogens (tertiary/aromatic N) is 9. The van der Waals surface area contributed by atoms with E-state index in [4.69, 9.17) is 0 Å². The second kappa shape index (κ2) is 45.3. The summed E-state index contributed by atoms with van der Waals surface area (Å²) < 4.78 is 38.7. The monoisotopic (exact) mass is 2040 g/mol. The minimum absolute atomic E-state index is 0.141. The molecule has 0 spiro atoms. The Morgan fingerprint density at radius 1 is 0.383 bits per heavy atom. The first-order valence-corrected chi connectivity index (χ1v) is 42.5. The van der Waals surface area contributed by atoms with Gasteiger partial charge in [0.25, 0.3) is 68.8 Å². The molecule has 57 heteroatoms. The number of amides is 6. The summed E-state index contributed by atoms with van der Waals surface area (Å²) in [5, 5.41) is 92.9. The van der Waals surface area contributed by atoms with E-state index in [1.54, 1.807) is 158 Å². The Balaban J connectivity index is 0.000000141. The molecule has 9 aromatic heterocycles. The second-order valence-electron chi connectivity index (χ2n) is 30.6. The van der Waals surface area contributed by atoms with Gasteiger partial charge in [0.2, 0.25) is 35.3 Å². The lowest BCUT2D eigenvalue weighted by atomic mass is 10.0. The van der Waals surface area contributed by atoms with Crippen LogP contribution in [0.1, 0.15) is 95.8 Å². The molecule has 3 aliphatic rings. The number of anilines is 6. The van der Waals surface area contributed by atoms with Crippen molar-refractivity contribution in [2.24, 2.45) is 25.2 Å². The molecule has 6 amide bonds. The van der Waals surface area contributed by atoms with Gasteiger partial charge >= 0.3 is 40.3 Å². The number of hydrogen-bond acceptors (Lipinski definition) is 33. The number of hydrogen-bond donors (Lipinski definition) is 27. The van der Waals surface area contributed by atoms with E-state index < -0.39 is 183 Å². The summed E-state index contributed by atoms with van der Waals surface area (Å²) in [7, 11) is 0. The first-order valence-electron chi connectivity index (χ1n) is 42.5. The summed E-state index contributed by atoms with van der Waals surface area (Å²) in [6.45, 7) is 3.29. The van der Waals surface area contributed by atoms with Gasteiger partial charge in [-0.05, 0) is 121 Å². The number of aromatic nitrogens is 19. The number of carbonyl (C=O) groups is 6. The molecule has 19 rings (SSSR count). The highest BCUT2D eigenvalue weighted by molar-refractivity contribution is 6.39. The molecule has 7 aromatic carbocycles. The zero-order valence-electron chi connectivity index (χ0n) is 75.5. The van der Waals surface area contributed by atoms with Crippen molar-refractivity contribution in [3.8, 4) is 69.3 Å². The van der Waals surface area contributed by atoms with Gasteiger partial charge < -0.3 is 67.5 Å². The fourth-order valence-electron chi connectivity index (χ4n) is 13.6. The number of imidazole rings is 1. The first kappa shape index (κ1) is 103. The summed E-state index contributed by atoms with van der Waals surface area (Å²) in [6, 6.07) is 48.8. The largest absolute Gasteiger partial charge is 0.494 e. The van der Waals surface area contributed by atoms with Crippen LogP contribution >= 0.6 is 0 Å². The summed E-state index contributed by atoms with van der Waals surface area (Å²) >= 11 is 0. The van der Waals surface area contributed by atoms with Crippen molar-refractivity contribution in [3.63, 3.8) is 0 Å². The predicted molar refractivity (Wildman–Crippen MR) is 527 cm³/mol. The molecule has 3 aliphatic heterocycles. The van der Waals surface area contributed by atoms with E-state index in [0.29, 0.717) is 77.6 Å². The predicted octanol–water partition coefficient (Wildman–Crippen LogP) is 4.65. The third kappa shape index (κ3) is 25.7. The van der Waals surface area contributed by atoms with Gasteiger partial charge in [0.05, 0.1) is 36.4 Å². The van der Waals surface area contributed by atoms with Crippen molar-refractivity contribution in [3.05, 3.63) is 393 Å². The van der Waals surface area contributed by atoms with Crippen molar-refractivity contribution < 1.29 is 72.6 Å². The number of nitrogens with one attached hydrogen (secondary N) is 21. The third-order valence-corrected chi connectivity index (χ3v) is 20.5. The number of carbonyl (C=O) groups excluding carboxylic acids is 6. The number of aliphatic imine (C=N–C) groups is 3. The van der Waals surface area contributed by atoms with Crippen LogP contribution in [0.3, 0.4) is 0 Å². The molecule has 0 unspecified atom stereocenters. The topological polar surface area (TPSA) is 851 Å². The number of aromatic amines is 15. The molecule has 0 atom stereocenters. The maximum Gasteiger partial charge on any atom is 0.420 e. The zero-order chi connectivity index (χ0) is 107. The number of halogens is 3. The number of aryl methyl sites for hydroxylation is 1. The van der Waals surface area contributed by atoms with E-state index >= 15 is 0 Å². The molecule has 54 nitrogen and oxygen atoms in total. The molecule has 0 aliphatic carbocycles. The Morgan fingerprint density at radius 3 is 1.11 bits per heavy atom. The van der Waals surface area contributed by atoms with Gasteiger partial charge in [-0.3, -0.25) is 143 Å². The molecule has 27 N–H and O–H groups in total. The highest BCUT2D eigenvalue weighted by Gasteiger charge is 2.36. The van der Waals surface area contributed by atoms with Crippen molar-refractivity contribution >= 4 is 105 Å². The van der Waals surface area contributed by atoms with Crippen LogP contribution in [0.15, 0.2) is 283 Å². The molecule has 0 saturated carbocycles. The highest BCUT2D eigenvalue weighted by Crippen LogP contribution is 2.37. The Kier molecular flexibility index (Phi) is 31.2. The van der Waals surface area contributed by atoms with Crippen LogP contribution in [0.4, 0.5) is 47.3 Å². The molecule has 16 aromatic rings. The van der Waals surface area contributed by atoms with E-state index in [9.17, 15) is 130 Å². The van der Waals surface area contributed by atoms with Crippen molar-refractivity contribution in [2.75, 3.05) is 51.7 Å². The normalized spacial score (nSPS) is 11.9. The minimum Gasteiger partial charge on any atom is -0.494 e. The third-order valence-electron chi connectivity index (χ3n) is 20.5. The molecule has 0 radical (unpaired) electrons. The van der Waals surface area contributed by atoms with Gasteiger partial charge in [0.1, 0.15) is 23.9 Å². The number of rotatable bonds is 19. The number of azo groups is 1. The van der Waals surface area contributed by atoms with Crippen LogP contribution in [0.25, 0.3) is 50.9 Å². The Bertz CT molecular complexity index is 8870. The number of allylic oxidation sites excluding steroid dienone is 1. The van der Waals surface area contributed by atoms with Crippen molar-refractivity contribution in [1.29, 1.82) is 0 Å². The highest BCUT2D eigenvalue weighted by atomic mass is 19.4. The Hall–Kier alpha value is -22.3. The molecular weight excluding hydrogens is 1970 g/mol. The summed E-state index contributed by atoms with van der Waals surface area (Å²) in [6.07, 6.45) is 4.76. The molecule has 12 heterocycles. The van der Waals surface area contributed by atoms with Crippen molar-refractivity contribution in [1.82, 2.24) is 95.2 Å². The molecular formula is C92H71F3N30O24. The summed E-state index contributed by atoms with van der Waals surface area (Å²) in [5.41, 5.74) is -5.28. The van der Waals surface area contributed by atoms with Gasteiger partial charge in [-0.15, -0.1) is 0 Å². The van der Waals surface area contributed by atoms with E-state index in [1.807, 2.05) is 91.2 Å². The molecule has 754 valence electrons. The van der Waals surface area contributed by atoms with Gasteiger partial charge in [0, 0.05) is 92.3 Å². The maximum absolute atomic E-state index is 12.9. The first-order chi connectivity index (χ1) is 71.2. The number of H-pyrrole nitrogens is 15. The van der Waals surface area contributed by atoms with Crippen LogP contribution < -0.4 is 99.4 Å². The van der Waals surface area contributed by atoms with Crippen LogP contribution in [0, 0.1) is 6.92 Å². The van der Waals surface area contributed by atoms with E-state index in [-0.39, 0.29) is 16.9 Å². The smallest absolute Gasteiger partial charge is 0.420 e. The fraction of sp³-hybridized carbons (Fsp3) is 0.0543. The summed E-state index contributed by atoms with van der Waals surface area (Å²) in [5.74, 6) is -8.23. The number of alkyl halides is 3. The molecule has 149 heavy (non-hydrogen) atoms. The van der Waals surface area contributed by atoms with E-state index in [1.165, 1.54) is 24.3 Å². The number of aromatic hydroxyl groups is 6. The summed E-state index contributed by atoms with van der Waals surface area (Å²) in [4.78, 5) is 255. The zero-order valence-corrected chi connectivity index (χ0v) is 75.5. The van der Waals surface area contributed by atoms with E-state index in [0.717, 1.165) is 50.2 Å². The van der Waals surface area contributed by atoms with Gasteiger partial charge in [0.15, 0.2) is 39.2 Å². The van der Waals surface area contributed by atoms with Crippen LogP contribution in [-0.2, 0) is 6.18 Å². The molecule has 0 fully saturated rings. The quantitative estimate of drug-likeness (QED) is 0.0524. The average molecular weight is 2040 g/mol. The fourth-order valence-corrected chi connectivity index (χ4v) is 13.6. The Morgan fingerprint density at radius 2 is 0.758 bits per heavy atom. The molecule has 0 saturated heterocycles. The maximum atomic E-state index is 12.9. The minimum atomic E-state index is -4.59. The molecule has 0 bridgehead atoms. The number of benzene rings is 7. The SMILES string of the molecule is Cc1nc(-c2ccc(NC(=O)c3c(O)[nH]c(=O)[nH]c3=O)cc2)n[nH]1.O=C(Nc1ccc(-c2[nH]ncc2C(F)(F)F)cc1)c1c(O)[nH]c(=O)[nH]c1=O.O=C(Nc1ccc(-c2ncc[nH]2)cc1)c1c(O)[nH]c(=O)[nH]c1=O.O=C(Nc1ccc(C2=C(c3ccccc3)CN=N2)cc1)c1c(O)[nH]c(=O)[nH]c1=O.O=C(Nc1ccc(C2=CCN=C2)cc1)c1c(O)[nH]c(=O)[nH]c1=O.O=C(Nc1cccc(C2=NCN=C2)c1)c1c(O)[nH]c(=O)[nH]c1=O. The lowest BCUT2D eigenvalue weighted by molar-refractivity contribution is -0.137. The van der Waals surface area contributed by atoms with Crippen LogP contribution in [0.2, 0.25) is 0 Å². The standard InChI is InChI=1S/C20H15N5O4.C15H10F3N5O4.C15H12N4O4.C14H12N6O4.2C14H11N5O4/c26-17(15-18(27)23-20(29)24-19(15)28)22-13-8-6-12(7-9-13)16-14(10-21-25-16)11-4-2-1-3-5-11;16-15(17,18)8-5-19-23-10(8)6-1-3-7(4-2-6)20-11(24)9-12(25)21-14(27)22-13(9)26;20-12(11-13(21)18-15(23)19-14(11)22)17-10-3-1-8(2-4-10)9-5-6-16-7-9;1-6-15-10(20-19-6)7-2-4-8(5-3-7)16-11(21)9-12(22)17-14(24)18-13(9)23;20-11(9-12(21)18-14(23)19-13(9)22)17-8-3-1-7(2-4-8)10-15-5-6-16-10;20-11(10-12(21)18-14(23)19-13(10)22)17-8-3-1-2-7(4-8)9-5-15-6-16-9/h1-9H,10H2,(H,22,26)(H3,23,24,27,28,29);1-5H,(H,19,23)(H,20,24)(H3,21,22,25,26,27);1-5,7H,6H2,(H,17,20)(H3,18,19,21,22,23);2-5H,1H3,(H,16,21)(H,15,19,20)(H3,17,18,22,23,24);1-6H,(H,15,16)(H,17,20)(H3,18,19,21,22,23);1-5H,6H2,(H,17,20)(H3,18,19,21,22,23). The Labute approximate surface area is 820 Å². The van der Waals surface area contributed by atoms with Gasteiger partial charge in [-0.25, -0.2) is 38.7 Å².